The van der Waals surface area contributed by atoms with Crippen molar-refractivity contribution in [3.8, 4) is 0 Å². The van der Waals surface area contributed by atoms with E-state index in [1.807, 2.05) is 0 Å². The summed E-state index contributed by atoms with van der Waals surface area (Å²) in [6, 6.07) is 1.28. The lowest BCUT2D eigenvalue weighted by atomic mass is 10.2. The van der Waals surface area contributed by atoms with Gasteiger partial charge < -0.3 is 5.73 Å². The lowest BCUT2D eigenvalue weighted by Gasteiger charge is -1.96. The number of aromatic nitrogens is 1. The fraction of sp³-hybridized carbons (Fsp3) is 0. The molecule has 0 amide bonds. The molecule has 2 N–H and O–H groups in total. The average Bonchev–Trinajstić information content (AvgIpc) is 1.98. The van der Waals surface area contributed by atoms with Gasteiger partial charge in [-0.05, 0) is 12.1 Å². The zero-order valence-electron chi connectivity index (χ0n) is 5.84. The van der Waals surface area contributed by atoms with Gasteiger partial charge >= 0.3 is 0 Å². The van der Waals surface area contributed by atoms with E-state index >= 15 is 0 Å². The molecule has 0 spiro atoms. The summed E-state index contributed by atoms with van der Waals surface area (Å²) in [5.74, 6) is -0.136. The van der Waals surface area contributed by atoms with Crippen LogP contribution in [0.4, 0.5) is 10.2 Å². The maximum absolute atomic E-state index is 12.5. The smallest absolute Gasteiger partial charge is 0.142 e. The van der Waals surface area contributed by atoms with Gasteiger partial charge in [-0.1, -0.05) is 6.58 Å². The molecule has 0 bridgehead atoms. The maximum Gasteiger partial charge on any atom is 0.142 e. The summed E-state index contributed by atoms with van der Waals surface area (Å²) in [7, 11) is 0. The third-order valence-electron chi connectivity index (χ3n) is 1.17. The molecule has 1 heterocycles. The molecule has 2 nitrogen and oxygen atoms in total. The Morgan fingerprint density at radius 1 is 1.73 bits per heavy atom. The molecular formula is C8H7FN2. The maximum atomic E-state index is 12.5. The van der Waals surface area contributed by atoms with Gasteiger partial charge in [-0.15, -0.1) is 5.73 Å². The van der Waals surface area contributed by atoms with Crippen molar-refractivity contribution in [2.45, 2.75) is 0 Å². The van der Waals surface area contributed by atoms with E-state index < -0.39 is 5.82 Å². The SMILES string of the molecule is C=C=Cc1cc(F)cnc1N. The van der Waals surface area contributed by atoms with Crippen LogP contribution in [-0.4, -0.2) is 4.98 Å². The van der Waals surface area contributed by atoms with Crippen LogP contribution in [0.2, 0.25) is 0 Å². The molecule has 0 aliphatic heterocycles. The Bertz CT molecular complexity index is 314. The number of nitrogen functional groups attached to an aromatic ring is 1. The van der Waals surface area contributed by atoms with E-state index in [-0.39, 0.29) is 5.82 Å². The molecule has 0 unspecified atom stereocenters. The van der Waals surface area contributed by atoms with Gasteiger partial charge in [0.15, 0.2) is 0 Å². The summed E-state index contributed by atoms with van der Waals surface area (Å²) >= 11 is 0. The molecule has 0 radical (unpaired) electrons. The summed E-state index contributed by atoms with van der Waals surface area (Å²) in [4.78, 5) is 3.60. The quantitative estimate of drug-likeness (QED) is 0.617. The van der Waals surface area contributed by atoms with Gasteiger partial charge in [0.05, 0.1) is 6.20 Å². The van der Waals surface area contributed by atoms with Crippen molar-refractivity contribution in [2.75, 3.05) is 5.73 Å². The third-order valence-corrected chi connectivity index (χ3v) is 1.17. The predicted octanol–water partition coefficient (Wildman–Crippen LogP) is 1.60. The molecule has 0 atom stereocenters. The highest BCUT2D eigenvalue weighted by molar-refractivity contribution is 5.59. The van der Waals surface area contributed by atoms with Gasteiger partial charge in [0.2, 0.25) is 0 Å². The van der Waals surface area contributed by atoms with Gasteiger partial charge in [0, 0.05) is 5.56 Å². The van der Waals surface area contributed by atoms with Gasteiger partial charge in [-0.2, -0.15) is 0 Å². The summed E-state index contributed by atoms with van der Waals surface area (Å²) in [6.45, 7) is 3.34. The number of nitrogens with zero attached hydrogens (tertiary/aromatic N) is 1. The van der Waals surface area contributed by atoms with Crippen LogP contribution < -0.4 is 5.73 Å². The van der Waals surface area contributed by atoms with Crippen molar-refractivity contribution in [3.63, 3.8) is 0 Å². The first-order valence-corrected chi connectivity index (χ1v) is 3.01. The van der Waals surface area contributed by atoms with Crippen LogP contribution in [0.5, 0.6) is 0 Å². The van der Waals surface area contributed by atoms with Crippen molar-refractivity contribution >= 4 is 11.9 Å². The molecule has 0 saturated carbocycles. The number of hydrogen-bond donors (Lipinski definition) is 1. The summed E-state index contributed by atoms with van der Waals surface area (Å²) < 4.78 is 12.5. The topological polar surface area (TPSA) is 38.9 Å². The Morgan fingerprint density at radius 3 is 3.09 bits per heavy atom. The van der Waals surface area contributed by atoms with Crippen LogP contribution in [0.1, 0.15) is 5.56 Å². The molecular weight excluding hydrogens is 143 g/mol. The van der Waals surface area contributed by atoms with E-state index in [1.54, 1.807) is 0 Å². The average molecular weight is 150 g/mol. The van der Waals surface area contributed by atoms with Crippen molar-refractivity contribution in [3.05, 3.63) is 36.0 Å². The van der Waals surface area contributed by atoms with E-state index in [2.05, 4.69) is 17.3 Å². The lowest BCUT2D eigenvalue weighted by molar-refractivity contribution is 0.621. The van der Waals surface area contributed by atoms with E-state index in [4.69, 9.17) is 5.73 Å². The standard InChI is InChI=1S/C8H7FN2/c1-2-3-6-4-7(9)5-11-8(6)10/h3-5H,1H2,(H2,10,11). The van der Waals surface area contributed by atoms with Gasteiger partial charge in [0.1, 0.15) is 11.6 Å². The molecule has 56 valence electrons. The highest BCUT2D eigenvalue weighted by atomic mass is 19.1. The Labute approximate surface area is 63.9 Å². The fourth-order valence-corrected chi connectivity index (χ4v) is 0.691. The first-order valence-electron chi connectivity index (χ1n) is 3.01. The summed E-state index contributed by atoms with van der Waals surface area (Å²) in [6.07, 6.45) is 2.54. The molecule has 3 heteroatoms. The summed E-state index contributed by atoms with van der Waals surface area (Å²) in [5.41, 5.74) is 8.39. The molecule has 1 aromatic rings. The normalized spacial score (nSPS) is 8.82. The highest BCUT2D eigenvalue weighted by Gasteiger charge is 1.97. The Balaban J connectivity index is 3.22. The van der Waals surface area contributed by atoms with Crippen molar-refractivity contribution in [1.29, 1.82) is 0 Å². The summed E-state index contributed by atoms with van der Waals surface area (Å²) in [5, 5.41) is 0. The fourth-order valence-electron chi connectivity index (χ4n) is 0.691. The number of anilines is 1. The largest absolute Gasteiger partial charge is 0.383 e. The number of hydrogen-bond acceptors (Lipinski definition) is 2. The van der Waals surface area contributed by atoms with Gasteiger partial charge in [0.25, 0.3) is 0 Å². The number of halogens is 1. The highest BCUT2D eigenvalue weighted by Crippen LogP contribution is 2.10. The van der Waals surface area contributed by atoms with Crippen LogP contribution in [0, 0.1) is 5.82 Å². The zero-order valence-corrected chi connectivity index (χ0v) is 5.84. The number of pyridine rings is 1. The Morgan fingerprint density at radius 2 is 2.45 bits per heavy atom. The lowest BCUT2D eigenvalue weighted by Crippen LogP contribution is -1.93. The Kier molecular flexibility index (Phi) is 2.04. The van der Waals surface area contributed by atoms with Gasteiger partial charge in [-0.3, -0.25) is 0 Å². The molecule has 0 fully saturated rings. The molecule has 0 aromatic carbocycles. The molecule has 11 heavy (non-hydrogen) atoms. The monoisotopic (exact) mass is 150 g/mol. The van der Waals surface area contributed by atoms with E-state index in [1.165, 1.54) is 12.1 Å². The number of rotatable bonds is 1. The van der Waals surface area contributed by atoms with E-state index in [0.717, 1.165) is 6.20 Å². The minimum Gasteiger partial charge on any atom is -0.383 e. The molecule has 0 aliphatic carbocycles. The second-order valence-corrected chi connectivity index (χ2v) is 1.98. The van der Waals surface area contributed by atoms with Crippen LogP contribution in [-0.2, 0) is 0 Å². The third kappa shape index (κ3) is 1.66. The number of nitrogens with two attached hydrogens (primary N) is 1. The second kappa shape index (κ2) is 2.99. The zero-order chi connectivity index (χ0) is 8.27. The minimum absolute atomic E-state index is 0.280. The van der Waals surface area contributed by atoms with E-state index in [9.17, 15) is 4.39 Å². The molecule has 1 aromatic heterocycles. The van der Waals surface area contributed by atoms with Crippen LogP contribution in [0.3, 0.4) is 0 Å². The van der Waals surface area contributed by atoms with E-state index in [0.29, 0.717) is 5.56 Å². The van der Waals surface area contributed by atoms with Crippen molar-refractivity contribution in [2.24, 2.45) is 0 Å². The first kappa shape index (κ1) is 7.51. The van der Waals surface area contributed by atoms with Crippen LogP contribution in [0.15, 0.2) is 24.6 Å². The molecule has 0 aliphatic rings. The molecule has 0 saturated heterocycles. The van der Waals surface area contributed by atoms with Crippen molar-refractivity contribution < 1.29 is 4.39 Å². The predicted molar refractivity (Wildman–Crippen MR) is 42.2 cm³/mol. The van der Waals surface area contributed by atoms with Crippen LogP contribution in [0.25, 0.3) is 6.08 Å². The van der Waals surface area contributed by atoms with Crippen LogP contribution >= 0.6 is 0 Å². The van der Waals surface area contributed by atoms with Crippen molar-refractivity contribution in [1.82, 2.24) is 4.98 Å². The second-order valence-electron chi connectivity index (χ2n) is 1.98. The first-order chi connectivity index (χ1) is 5.24. The minimum atomic E-state index is -0.416. The Hall–Kier alpha value is -1.60. The van der Waals surface area contributed by atoms with Gasteiger partial charge in [-0.25, -0.2) is 9.37 Å². The molecule has 1 rings (SSSR count).